The van der Waals surface area contributed by atoms with E-state index in [1.165, 1.54) is 36.0 Å². The standard InChI is InChI=1S/C31H23Cl2N3O5S/c32-25-12-5-4-9-20(25)15-27(36-29(38)19-7-2-1-3-8-19)30(39)35-21-10-6-11-23(16-21)42-18-28(37)34-22-13-14-26(33)24(17-22)31(40)41/h1-17H,18H2,(H,34,37)(H,35,39)(H,36,38)(H,40,41)/b27-15+. The summed E-state index contributed by atoms with van der Waals surface area (Å²) in [4.78, 5) is 50.6. The second-order valence-corrected chi connectivity index (χ2v) is 10.6. The molecule has 0 radical (unpaired) electrons. The summed E-state index contributed by atoms with van der Waals surface area (Å²) in [6, 6.07) is 26.5. The summed E-state index contributed by atoms with van der Waals surface area (Å²) in [7, 11) is 0. The van der Waals surface area contributed by atoms with E-state index >= 15 is 0 Å². The average Bonchev–Trinajstić information content (AvgIpc) is 2.98. The van der Waals surface area contributed by atoms with Crippen LogP contribution in [0.2, 0.25) is 10.0 Å². The highest BCUT2D eigenvalue weighted by molar-refractivity contribution is 8.00. The summed E-state index contributed by atoms with van der Waals surface area (Å²) in [5.41, 5.74) is 1.53. The number of carboxylic acids is 1. The fourth-order valence-corrected chi connectivity index (χ4v) is 4.81. The van der Waals surface area contributed by atoms with Gasteiger partial charge < -0.3 is 21.1 Å². The van der Waals surface area contributed by atoms with Crippen molar-refractivity contribution >= 4 is 76.1 Å². The maximum atomic E-state index is 13.3. The summed E-state index contributed by atoms with van der Waals surface area (Å²) in [5.74, 6) is -2.57. The SMILES string of the molecule is O=C(CSc1cccc(NC(=O)/C(=C\c2ccccc2Cl)NC(=O)c2ccccc2)c1)Nc1ccc(Cl)c(C(=O)O)c1. The van der Waals surface area contributed by atoms with E-state index < -0.39 is 17.8 Å². The highest BCUT2D eigenvalue weighted by atomic mass is 35.5. The number of carbonyl (C=O) groups excluding carboxylic acids is 3. The molecule has 8 nitrogen and oxygen atoms in total. The fourth-order valence-electron chi connectivity index (χ4n) is 3.67. The lowest BCUT2D eigenvalue weighted by atomic mass is 10.1. The molecular formula is C31H23Cl2N3O5S. The molecule has 4 aromatic carbocycles. The van der Waals surface area contributed by atoms with Crippen molar-refractivity contribution in [3.63, 3.8) is 0 Å². The molecule has 212 valence electrons. The van der Waals surface area contributed by atoms with Crippen molar-refractivity contribution in [2.45, 2.75) is 4.90 Å². The lowest BCUT2D eigenvalue weighted by molar-refractivity contribution is -0.114. The number of thioether (sulfide) groups is 1. The second kappa shape index (κ2) is 14.4. The molecule has 0 unspecified atom stereocenters. The number of amides is 3. The van der Waals surface area contributed by atoms with Gasteiger partial charge in [-0.1, -0.05) is 65.7 Å². The van der Waals surface area contributed by atoms with Crippen molar-refractivity contribution in [1.29, 1.82) is 0 Å². The van der Waals surface area contributed by atoms with Crippen LogP contribution in [0, 0.1) is 0 Å². The molecule has 0 aromatic heterocycles. The van der Waals surface area contributed by atoms with Crippen LogP contribution in [0.15, 0.2) is 108 Å². The molecular weight excluding hydrogens is 597 g/mol. The molecule has 4 N–H and O–H groups in total. The van der Waals surface area contributed by atoms with Gasteiger partial charge in [0.05, 0.1) is 16.3 Å². The Morgan fingerprint density at radius 2 is 1.48 bits per heavy atom. The van der Waals surface area contributed by atoms with Crippen LogP contribution in [-0.2, 0) is 9.59 Å². The molecule has 4 rings (SSSR count). The van der Waals surface area contributed by atoms with Crippen molar-refractivity contribution in [2.24, 2.45) is 0 Å². The molecule has 0 saturated carbocycles. The lowest BCUT2D eigenvalue weighted by Gasteiger charge is -2.12. The zero-order chi connectivity index (χ0) is 30.1. The summed E-state index contributed by atoms with van der Waals surface area (Å²) in [6.07, 6.45) is 1.49. The number of hydrogen-bond acceptors (Lipinski definition) is 5. The van der Waals surface area contributed by atoms with E-state index in [1.807, 2.05) is 0 Å². The monoisotopic (exact) mass is 619 g/mol. The predicted molar refractivity (Wildman–Crippen MR) is 166 cm³/mol. The van der Waals surface area contributed by atoms with Gasteiger partial charge in [0.15, 0.2) is 0 Å². The van der Waals surface area contributed by atoms with Crippen LogP contribution < -0.4 is 16.0 Å². The van der Waals surface area contributed by atoms with Gasteiger partial charge in [-0.15, -0.1) is 11.8 Å². The van der Waals surface area contributed by atoms with E-state index in [9.17, 15) is 24.3 Å². The Hall–Kier alpha value is -4.57. The zero-order valence-corrected chi connectivity index (χ0v) is 24.1. The quantitative estimate of drug-likeness (QED) is 0.114. The Morgan fingerprint density at radius 3 is 2.21 bits per heavy atom. The maximum Gasteiger partial charge on any atom is 0.337 e. The Balaban J connectivity index is 1.44. The first-order valence-electron chi connectivity index (χ1n) is 12.4. The van der Waals surface area contributed by atoms with Crippen LogP contribution in [-0.4, -0.2) is 34.6 Å². The average molecular weight is 621 g/mol. The fraction of sp³-hybridized carbons (Fsp3) is 0.0323. The first-order chi connectivity index (χ1) is 20.2. The molecule has 3 amide bonds. The third-order valence-electron chi connectivity index (χ3n) is 5.68. The van der Waals surface area contributed by atoms with Crippen LogP contribution >= 0.6 is 35.0 Å². The Bertz CT molecular complexity index is 1680. The van der Waals surface area contributed by atoms with Crippen LogP contribution in [0.25, 0.3) is 6.08 Å². The second-order valence-electron chi connectivity index (χ2n) is 8.72. The van der Waals surface area contributed by atoms with E-state index in [0.29, 0.717) is 32.4 Å². The smallest absolute Gasteiger partial charge is 0.337 e. The van der Waals surface area contributed by atoms with Crippen LogP contribution in [0.4, 0.5) is 11.4 Å². The van der Waals surface area contributed by atoms with Crippen molar-refractivity contribution < 1.29 is 24.3 Å². The van der Waals surface area contributed by atoms with Gasteiger partial charge in [0.2, 0.25) is 5.91 Å². The Labute approximate surface area is 255 Å². The third kappa shape index (κ3) is 8.47. The van der Waals surface area contributed by atoms with Gasteiger partial charge in [-0.2, -0.15) is 0 Å². The van der Waals surface area contributed by atoms with Gasteiger partial charge in [-0.05, 0) is 66.2 Å². The summed E-state index contributed by atoms with van der Waals surface area (Å²) >= 11 is 13.4. The van der Waals surface area contributed by atoms with Crippen LogP contribution in [0.3, 0.4) is 0 Å². The number of aromatic carboxylic acids is 1. The molecule has 0 bridgehead atoms. The number of rotatable bonds is 10. The first kappa shape index (κ1) is 30.4. The first-order valence-corrected chi connectivity index (χ1v) is 14.1. The van der Waals surface area contributed by atoms with Crippen molar-refractivity contribution in [3.8, 4) is 0 Å². The van der Waals surface area contributed by atoms with Crippen molar-refractivity contribution in [3.05, 3.63) is 129 Å². The minimum atomic E-state index is -1.20. The number of carboxylic acid groups (broad SMARTS) is 1. The van der Waals surface area contributed by atoms with Gasteiger partial charge in [-0.3, -0.25) is 14.4 Å². The van der Waals surface area contributed by atoms with Gasteiger partial charge in [-0.25, -0.2) is 4.79 Å². The van der Waals surface area contributed by atoms with Gasteiger partial charge in [0.25, 0.3) is 11.8 Å². The van der Waals surface area contributed by atoms with Crippen LogP contribution in [0.5, 0.6) is 0 Å². The molecule has 42 heavy (non-hydrogen) atoms. The van der Waals surface area contributed by atoms with Crippen molar-refractivity contribution in [1.82, 2.24) is 5.32 Å². The zero-order valence-electron chi connectivity index (χ0n) is 21.8. The number of hydrogen-bond donors (Lipinski definition) is 4. The van der Waals surface area contributed by atoms with Gasteiger partial charge in [0.1, 0.15) is 5.70 Å². The summed E-state index contributed by atoms with van der Waals surface area (Å²) in [6.45, 7) is 0. The van der Waals surface area contributed by atoms with E-state index in [1.54, 1.807) is 78.9 Å². The van der Waals surface area contributed by atoms with Crippen molar-refractivity contribution in [2.75, 3.05) is 16.4 Å². The summed E-state index contributed by atoms with van der Waals surface area (Å²) < 4.78 is 0. The van der Waals surface area contributed by atoms with Gasteiger partial charge >= 0.3 is 5.97 Å². The highest BCUT2D eigenvalue weighted by Crippen LogP contribution is 2.24. The Kier molecular flexibility index (Phi) is 10.4. The predicted octanol–water partition coefficient (Wildman–Crippen LogP) is 6.83. The molecule has 11 heteroatoms. The van der Waals surface area contributed by atoms with Crippen LogP contribution in [0.1, 0.15) is 26.3 Å². The molecule has 0 saturated heterocycles. The number of nitrogens with one attached hydrogen (secondary N) is 3. The lowest BCUT2D eigenvalue weighted by Crippen LogP contribution is -2.30. The number of carbonyl (C=O) groups is 4. The summed E-state index contributed by atoms with van der Waals surface area (Å²) in [5, 5.41) is 17.8. The maximum absolute atomic E-state index is 13.3. The molecule has 0 aliphatic rings. The minimum absolute atomic E-state index is 0.0157. The normalized spacial score (nSPS) is 11.0. The molecule has 0 heterocycles. The molecule has 0 aliphatic carbocycles. The van der Waals surface area contributed by atoms with E-state index in [0.717, 1.165) is 0 Å². The molecule has 0 fully saturated rings. The van der Waals surface area contributed by atoms with E-state index in [2.05, 4.69) is 16.0 Å². The topological polar surface area (TPSA) is 125 Å². The third-order valence-corrected chi connectivity index (χ3v) is 7.34. The minimum Gasteiger partial charge on any atom is -0.478 e. The number of halogens is 2. The van der Waals surface area contributed by atoms with E-state index in [4.69, 9.17) is 23.2 Å². The van der Waals surface area contributed by atoms with E-state index in [-0.39, 0.29) is 27.9 Å². The molecule has 0 aliphatic heterocycles. The largest absolute Gasteiger partial charge is 0.478 e. The van der Waals surface area contributed by atoms with Gasteiger partial charge in [0, 0.05) is 26.9 Å². The Morgan fingerprint density at radius 1 is 0.762 bits per heavy atom. The molecule has 0 spiro atoms. The molecule has 4 aromatic rings. The number of benzene rings is 4. The molecule has 0 atom stereocenters. The number of anilines is 2. The highest BCUT2D eigenvalue weighted by Gasteiger charge is 2.16.